The van der Waals surface area contributed by atoms with Gasteiger partial charge in [0.15, 0.2) is 0 Å². The smallest absolute Gasteiger partial charge is 0.308 e. The largest absolute Gasteiger partial charge is 0.481 e. The van der Waals surface area contributed by atoms with Crippen molar-refractivity contribution in [1.82, 2.24) is 10.6 Å². The van der Waals surface area contributed by atoms with Crippen LogP contribution >= 0.6 is 11.8 Å². The molecule has 0 aromatic heterocycles. The molecule has 1 saturated heterocycles. The van der Waals surface area contributed by atoms with Crippen LogP contribution in [0.25, 0.3) is 0 Å². The van der Waals surface area contributed by atoms with Crippen LogP contribution in [0.2, 0.25) is 0 Å². The van der Waals surface area contributed by atoms with Crippen molar-refractivity contribution in [1.29, 1.82) is 0 Å². The zero-order chi connectivity index (χ0) is 12.1. The summed E-state index contributed by atoms with van der Waals surface area (Å²) in [6.07, 6.45) is 0.460. The number of nitrogens with one attached hydrogen (secondary N) is 2. The molecule has 1 heterocycles. The standard InChI is InChI=1S/C9H14N2O4S/c1-2-5(8(13)14)3-10-7(12)6-4-16-9(15)11-6/h5-6H,2-4H2,1H3,(H,10,12)(H,11,15)(H,13,14). The summed E-state index contributed by atoms with van der Waals surface area (Å²) < 4.78 is 0. The molecular formula is C9H14N2O4S. The first-order chi connectivity index (χ1) is 7.54. The quantitative estimate of drug-likeness (QED) is 0.636. The van der Waals surface area contributed by atoms with Gasteiger partial charge >= 0.3 is 5.97 Å². The monoisotopic (exact) mass is 246 g/mol. The molecule has 1 aliphatic heterocycles. The van der Waals surface area contributed by atoms with Gasteiger partial charge in [0.25, 0.3) is 5.24 Å². The van der Waals surface area contributed by atoms with Crippen molar-refractivity contribution < 1.29 is 19.5 Å². The maximum atomic E-state index is 11.5. The molecule has 2 amide bonds. The lowest BCUT2D eigenvalue weighted by molar-refractivity contribution is -0.141. The third-order valence-electron chi connectivity index (χ3n) is 2.35. The number of hydrogen-bond acceptors (Lipinski definition) is 4. The summed E-state index contributed by atoms with van der Waals surface area (Å²) in [5.41, 5.74) is 0. The normalized spacial score (nSPS) is 21.3. The predicted molar refractivity (Wildman–Crippen MR) is 59.2 cm³/mol. The van der Waals surface area contributed by atoms with Gasteiger partial charge in [-0.25, -0.2) is 0 Å². The Balaban J connectivity index is 2.34. The maximum absolute atomic E-state index is 11.5. The van der Waals surface area contributed by atoms with E-state index in [0.717, 1.165) is 11.8 Å². The SMILES string of the molecule is CCC(CNC(=O)C1CSC(=O)N1)C(=O)O. The summed E-state index contributed by atoms with van der Waals surface area (Å²) in [5, 5.41) is 13.6. The third-order valence-corrected chi connectivity index (χ3v) is 3.23. The van der Waals surface area contributed by atoms with Crippen LogP contribution in [0.3, 0.4) is 0 Å². The summed E-state index contributed by atoms with van der Waals surface area (Å²) in [6.45, 7) is 1.85. The summed E-state index contributed by atoms with van der Waals surface area (Å²) in [6, 6.07) is -0.538. The van der Waals surface area contributed by atoms with Crippen LogP contribution in [0, 0.1) is 5.92 Å². The molecular weight excluding hydrogens is 232 g/mol. The van der Waals surface area contributed by atoms with Crippen molar-refractivity contribution in [2.75, 3.05) is 12.3 Å². The topological polar surface area (TPSA) is 95.5 Å². The second-order valence-corrected chi connectivity index (χ2v) is 4.48. The van der Waals surface area contributed by atoms with Gasteiger partial charge in [-0.2, -0.15) is 0 Å². The Morgan fingerprint density at radius 3 is 2.81 bits per heavy atom. The molecule has 0 spiro atoms. The van der Waals surface area contributed by atoms with Gasteiger partial charge in [0, 0.05) is 12.3 Å². The fourth-order valence-corrected chi connectivity index (χ4v) is 2.06. The predicted octanol–water partition coefficient (Wildman–Crippen LogP) is 0.0384. The first-order valence-electron chi connectivity index (χ1n) is 4.98. The lowest BCUT2D eigenvalue weighted by Gasteiger charge is -2.13. The number of thioether (sulfide) groups is 1. The molecule has 0 saturated carbocycles. The van der Waals surface area contributed by atoms with Crippen LogP contribution in [-0.4, -0.2) is 40.6 Å². The fraction of sp³-hybridized carbons (Fsp3) is 0.667. The molecule has 90 valence electrons. The van der Waals surface area contributed by atoms with Crippen LogP contribution in [0.4, 0.5) is 4.79 Å². The molecule has 2 unspecified atom stereocenters. The van der Waals surface area contributed by atoms with Crippen LogP contribution in [0.5, 0.6) is 0 Å². The zero-order valence-electron chi connectivity index (χ0n) is 8.86. The number of amides is 2. The molecule has 6 nitrogen and oxygen atoms in total. The van der Waals surface area contributed by atoms with E-state index in [2.05, 4.69) is 10.6 Å². The number of hydrogen-bond donors (Lipinski definition) is 3. The van der Waals surface area contributed by atoms with E-state index >= 15 is 0 Å². The van der Waals surface area contributed by atoms with Gasteiger partial charge in [0.1, 0.15) is 6.04 Å². The van der Waals surface area contributed by atoms with E-state index in [0.29, 0.717) is 12.2 Å². The average Bonchev–Trinajstić information content (AvgIpc) is 2.65. The Kier molecular flexibility index (Phi) is 4.60. The zero-order valence-corrected chi connectivity index (χ0v) is 9.67. The summed E-state index contributed by atoms with van der Waals surface area (Å²) in [4.78, 5) is 33.0. The highest BCUT2D eigenvalue weighted by Crippen LogP contribution is 2.12. The van der Waals surface area contributed by atoms with Crippen molar-refractivity contribution in [2.45, 2.75) is 19.4 Å². The number of carboxylic acid groups (broad SMARTS) is 1. The molecule has 0 aromatic rings. The first-order valence-corrected chi connectivity index (χ1v) is 5.97. The molecule has 1 fully saturated rings. The molecule has 0 aliphatic carbocycles. The molecule has 2 atom stereocenters. The highest BCUT2D eigenvalue weighted by atomic mass is 32.2. The molecule has 0 aromatic carbocycles. The number of rotatable bonds is 5. The summed E-state index contributed by atoms with van der Waals surface area (Å²) in [7, 11) is 0. The Bertz CT molecular complexity index is 308. The van der Waals surface area contributed by atoms with E-state index in [1.54, 1.807) is 6.92 Å². The summed E-state index contributed by atoms with van der Waals surface area (Å²) >= 11 is 1.05. The van der Waals surface area contributed by atoms with E-state index < -0.39 is 17.9 Å². The minimum atomic E-state index is -0.923. The van der Waals surface area contributed by atoms with Crippen molar-refractivity contribution >= 4 is 28.9 Å². The lowest BCUT2D eigenvalue weighted by Crippen LogP contribution is -2.45. The number of carbonyl (C=O) groups is 3. The number of carbonyl (C=O) groups excluding carboxylic acids is 2. The molecule has 16 heavy (non-hydrogen) atoms. The van der Waals surface area contributed by atoms with Crippen LogP contribution in [-0.2, 0) is 9.59 Å². The lowest BCUT2D eigenvalue weighted by atomic mass is 10.1. The van der Waals surface area contributed by atoms with E-state index in [4.69, 9.17) is 5.11 Å². The highest BCUT2D eigenvalue weighted by molar-refractivity contribution is 8.14. The van der Waals surface area contributed by atoms with Gasteiger partial charge in [-0.05, 0) is 6.42 Å². The van der Waals surface area contributed by atoms with Crippen molar-refractivity contribution in [3.05, 3.63) is 0 Å². The van der Waals surface area contributed by atoms with Crippen molar-refractivity contribution in [3.8, 4) is 0 Å². The van der Waals surface area contributed by atoms with Gasteiger partial charge in [-0.1, -0.05) is 18.7 Å². The first kappa shape index (κ1) is 12.8. The fourth-order valence-electron chi connectivity index (χ4n) is 1.28. The number of carboxylic acids is 1. The Morgan fingerprint density at radius 1 is 1.69 bits per heavy atom. The Hall–Kier alpha value is -1.24. The van der Waals surface area contributed by atoms with Gasteiger partial charge in [-0.3, -0.25) is 14.4 Å². The average molecular weight is 246 g/mol. The van der Waals surface area contributed by atoms with Crippen LogP contribution in [0.1, 0.15) is 13.3 Å². The minimum Gasteiger partial charge on any atom is -0.481 e. The molecule has 1 aliphatic rings. The number of aliphatic carboxylic acids is 1. The summed E-state index contributed by atoms with van der Waals surface area (Å²) in [5.74, 6) is -1.42. The van der Waals surface area contributed by atoms with E-state index in [1.165, 1.54) is 0 Å². The molecule has 1 rings (SSSR count). The Morgan fingerprint density at radius 2 is 2.38 bits per heavy atom. The van der Waals surface area contributed by atoms with Gasteiger partial charge in [0.2, 0.25) is 5.91 Å². The van der Waals surface area contributed by atoms with Crippen molar-refractivity contribution in [2.24, 2.45) is 5.92 Å². The second kappa shape index (κ2) is 5.74. The van der Waals surface area contributed by atoms with E-state index in [9.17, 15) is 14.4 Å². The van der Waals surface area contributed by atoms with E-state index in [1.807, 2.05) is 0 Å². The van der Waals surface area contributed by atoms with Crippen LogP contribution in [0.15, 0.2) is 0 Å². The molecule has 3 N–H and O–H groups in total. The highest BCUT2D eigenvalue weighted by Gasteiger charge is 2.28. The van der Waals surface area contributed by atoms with Gasteiger partial charge in [0.05, 0.1) is 5.92 Å². The third kappa shape index (κ3) is 3.41. The molecule has 0 bridgehead atoms. The van der Waals surface area contributed by atoms with Crippen LogP contribution < -0.4 is 10.6 Å². The molecule has 0 radical (unpaired) electrons. The van der Waals surface area contributed by atoms with Gasteiger partial charge in [-0.15, -0.1) is 0 Å². The second-order valence-electron chi connectivity index (χ2n) is 3.48. The van der Waals surface area contributed by atoms with Crippen molar-refractivity contribution in [3.63, 3.8) is 0 Å². The molecule has 7 heteroatoms. The minimum absolute atomic E-state index is 0.0989. The van der Waals surface area contributed by atoms with Gasteiger partial charge < -0.3 is 15.7 Å². The maximum Gasteiger partial charge on any atom is 0.308 e. The Labute approximate surface area is 97.2 Å². The van der Waals surface area contributed by atoms with E-state index in [-0.39, 0.29) is 17.7 Å².